The van der Waals surface area contributed by atoms with Crippen molar-refractivity contribution in [3.05, 3.63) is 95.1 Å². The maximum atomic E-state index is 15.6. The van der Waals surface area contributed by atoms with Crippen LogP contribution in [0, 0.1) is 0 Å². The number of nitrogens with one attached hydrogen (secondary N) is 2. The second kappa shape index (κ2) is 20.8. The summed E-state index contributed by atoms with van der Waals surface area (Å²) >= 11 is 0. The summed E-state index contributed by atoms with van der Waals surface area (Å²) < 4.78 is 75.8. The van der Waals surface area contributed by atoms with E-state index in [0.717, 1.165) is 0 Å². The van der Waals surface area contributed by atoms with Crippen LogP contribution in [0.4, 0.5) is 11.4 Å². The molecule has 0 aromatic heterocycles. The van der Waals surface area contributed by atoms with Crippen molar-refractivity contribution >= 4 is 45.2 Å². The Morgan fingerprint density at radius 1 is 0.525 bits per heavy atom. The molecule has 0 bridgehead atoms. The second-order valence-corrected chi connectivity index (χ2v) is 14.7. The summed E-state index contributed by atoms with van der Waals surface area (Å²) in [5, 5.41) is 2.48. The Kier molecular flexibility index (Phi) is 16.0. The van der Waals surface area contributed by atoms with Gasteiger partial charge in [-0.2, -0.15) is 0 Å². The van der Waals surface area contributed by atoms with Gasteiger partial charge in [0.2, 0.25) is 11.8 Å². The summed E-state index contributed by atoms with van der Waals surface area (Å²) in [6.45, 7) is -0.671. The van der Waals surface area contributed by atoms with E-state index in [0.29, 0.717) is 45.6 Å². The molecule has 316 valence electrons. The van der Waals surface area contributed by atoms with Crippen molar-refractivity contribution in [2.45, 2.75) is 10.5 Å². The number of carbonyl (C=O) groups excluding carboxylic acids is 2. The fourth-order valence-electron chi connectivity index (χ4n) is 6.14. The number of hydrogen-bond acceptors (Lipinski definition) is 14. The van der Waals surface area contributed by atoms with Crippen LogP contribution in [0.5, 0.6) is 46.0 Å². The Hall–Kier alpha value is -6.43. The van der Waals surface area contributed by atoms with Crippen molar-refractivity contribution in [2.24, 2.45) is 11.5 Å². The SMILES string of the molecule is COc1cc(OC)c(/C=C/C(c2ccc(OC)c(NC(=O)CN)c2)S(=O)(=O)C(/C=C/c2c(OC)cc(OC)cc2OC)c2ccc(OC)c(NC(=O)CN)c2)c(OC)c1. The molecule has 59 heavy (non-hydrogen) atoms. The zero-order chi connectivity index (χ0) is 43.3. The van der Waals surface area contributed by atoms with Crippen molar-refractivity contribution in [2.75, 3.05) is 80.6 Å². The zero-order valence-corrected chi connectivity index (χ0v) is 34.9. The van der Waals surface area contributed by atoms with Gasteiger partial charge in [-0.15, -0.1) is 0 Å². The predicted octanol–water partition coefficient (Wildman–Crippen LogP) is 5.17. The monoisotopic (exact) mass is 834 g/mol. The predicted molar refractivity (Wildman–Crippen MR) is 226 cm³/mol. The quantitative estimate of drug-likeness (QED) is 0.0903. The van der Waals surface area contributed by atoms with Crippen molar-refractivity contribution in [3.8, 4) is 46.0 Å². The molecule has 0 heterocycles. The van der Waals surface area contributed by atoms with E-state index in [4.69, 9.17) is 49.4 Å². The number of hydrogen-bond donors (Lipinski definition) is 4. The number of amides is 2. The molecular weight excluding hydrogens is 785 g/mol. The van der Waals surface area contributed by atoms with E-state index in [9.17, 15) is 9.59 Å². The number of sulfone groups is 1. The first kappa shape index (κ1) is 45.3. The molecule has 0 saturated heterocycles. The number of nitrogens with two attached hydrogens (primary N) is 2. The topological polar surface area (TPSA) is 218 Å². The van der Waals surface area contributed by atoms with Gasteiger partial charge in [0, 0.05) is 24.3 Å². The third-order valence-electron chi connectivity index (χ3n) is 9.11. The fourth-order valence-corrected chi connectivity index (χ4v) is 8.11. The lowest BCUT2D eigenvalue weighted by atomic mass is 10.1. The second-order valence-electron chi connectivity index (χ2n) is 12.5. The molecule has 2 atom stereocenters. The van der Waals surface area contributed by atoms with Gasteiger partial charge in [-0.25, -0.2) is 8.42 Å². The highest BCUT2D eigenvalue weighted by Gasteiger charge is 2.35. The molecule has 17 heteroatoms. The van der Waals surface area contributed by atoms with Crippen molar-refractivity contribution < 1.29 is 55.9 Å². The van der Waals surface area contributed by atoms with E-state index < -0.39 is 32.2 Å². The van der Waals surface area contributed by atoms with Crippen LogP contribution >= 0.6 is 0 Å². The van der Waals surface area contributed by atoms with Gasteiger partial charge in [0.05, 0.1) is 92.5 Å². The molecule has 4 aromatic carbocycles. The summed E-state index contributed by atoms with van der Waals surface area (Å²) in [6.07, 6.45) is 6.10. The van der Waals surface area contributed by atoms with E-state index in [1.54, 1.807) is 48.6 Å². The van der Waals surface area contributed by atoms with Gasteiger partial charge in [-0.3, -0.25) is 9.59 Å². The Labute approximate surface area is 343 Å². The molecule has 16 nitrogen and oxygen atoms in total. The van der Waals surface area contributed by atoms with Crippen LogP contribution in [0.15, 0.2) is 72.8 Å². The Balaban J connectivity index is 2.10. The molecule has 4 rings (SSSR count). The first-order chi connectivity index (χ1) is 28.4. The smallest absolute Gasteiger partial charge is 0.238 e. The van der Waals surface area contributed by atoms with Gasteiger partial charge in [0.25, 0.3) is 0 Å². The molecule has 0 aliphatic rings. The van der Waals surface area contributed by atoms with E-state index in [-0.39, 0.29) is 47.1 Å². The first-order valence-electron chi connectivity index (χ1n) is 17.9. The zero-order valence-electron chi connectivity index (χ0n) is 34.1. The summed E-state index contributed by atoms with van der Waals surface area (Å²) in [6, 6.07) is 15.8. The number of anilines is 2. The lowest BCUT2D eigenvalue weighted by Gasteiger charge is -2.24. The van der Waals surface area contributed by atoms with Crippen LogP contribution in [0.2, 0.25) is 0 Å². The minimum atomic E-state index is -4.50. The van der Waals surface area contributed by atoms with E-state index in [1.165, 1.54) is 93.3 Å². The van der Waals surface area contributed by atoms with Crippen LogP contribution in [-0.4, -0.2) is 90.2 Å². The van der Waals surface area contributed by atoms with E-state index in [2.05, 4.69) is 10.6 Å². The average molecular weight is 835 g/mol. The number of ether oxygens (including phenoxy) is 8. The van der Waals surface area contributed by atoms with Crippen LogP contribution in [0.25, 0.3) is 12.2 Å². The van der Waals surface area contributed by atoms with Crippen LogP contribution in [0.1, 0.15) is 32.8 Å². The highest BCUT2D eigenvalue weighted by molar-refractivity contribution is 7.92. The van der Waals surface area contributed by atoms with Crippen molar-refractivity contribution in [3.63, 3.8) is 0 Å². The lowest BCUT2D eigenvalue weighted by Crippen LogP contribution is -2.23. The maximum absolute atomic E-state index is 15.6. The van der Waals surface area contributed by atoms with Gasteiger partial charge in [-0.1, -0.05) is 24.3 Å². The minimum Gasteiger partial charge on any atom is -0.496 e. The van der Waals surface area contributed by atoms with Crippen LogP contribution in [0.3, 0.4) is 0 Å². The van der Waals surface area contributed by atoms with Crippen molar-refractivity contribution in [1.82, 2.24) is 0 Å². The number of rotatable bonds is 20. The van der Waals surface area contributed by atoms with E-state index in [1.807, 2.05) is 0 Å². The Bertz CT molecular complexity index is 2090. The van der Waals surface area contributed by atoms with Gasteiger partial charge < -0.3 is 60.0 Å². The molecular formula is C42H50N4O12S. The van der Waals surface area contributed by atoms with Gasteiger partial charge >= 0.3 is 0 Å². The Morgan fingerprint density at radius 3 is 1.12 bits per heavy atom. The van der Waals surface area contributed by atoms with Crippen molar-refractivity contribution in [1.29, 1.82) is 0 Å². The van der Waals surface area contributed by atoms with Gasteiger partial charge in [0.1, 0.15) is 56.5 Å². The van der Waals surface area contributed by atoms with E-state index >= 15 is 8.42 Å². The molecule has 0 fully saturated rings. The molecule has 0 spiro atoms. The number of methoxy groups -OCH3 is 8. The molecule has 0 saturated carbocycles. The summed E-state index contributed by atoms with van der Waals surface area (Å²) in [5.41, 5.74) is 12.9. The summed E-state index contributed by atoms with van der Waals surface area (Å²) in [5.74, 6) is 1.71. The molecule has 0 aliphatic heterocycles. The summed E-state index contributed by atoms with van der Waals surface area (Å²) in [7, 11) is 7.16. The van der Waals surface area contributed by atoms with Crippen LogP contribution in [-0.2, 0) is 19.4 Å². The number of carbonyl (C=O) groups is 2. The fraction of sp³-hybridized carbons (Fsp3) is 0.286. The minimum absolute atomic E-state index is 0.185. The maximum Gasteiger partial charge on any atom is 0.238 e. The third-order valence-corrected chi connectivity index (χ3v) is 11.4. The van der Waals surface area contributed by atoms with Crippen LogP contribution < -0.4 is 60.0 Å². The third kappa shape index (κ3) is 10.6. The lowest BCUT2D eigenvalue weighted by molar-refractivity contribution is -0.115. The largest absolute Gasteiger partial charge is 0.496 e. The standard InChI is InChI=1S/C42H50N4O12S/c1-51-27-19-35(55-5)29(36(20-27)56-6)11-15-39(25-9-13-33(53-3)31(17-25)45-41(47)23-43)59(49,50)40(26-10-14-34(54-4)32(18-26)46-42(48)24-44)16-12-30-37(57-7)21-28(52-2)22-38(30)58-8/h9-22,39-40H,23-24,43-44H2,1-8H3,(H,45,47)(H,46,48)/b15-11+,16-12+. The van der Waals surface area contributed by atoms with Gasteiger partial charge in [0.15, 0.2) is 9.84 Å². The molecule has 0 aliphatic carbocycles. The molecule has 0 radical (unpaired) electrons. The molecule has 4 aromatic rings. The van der Waals surface area contributed by atoms with Gasteiger partial charge in [-0.05, 0) is 47.5 Å². The molecule has 2 unspecified atom stereocenters. The molecule has 2 amide bonds. The highest BCUT2D eigenvalue weighted by atomic mass is 32.2. The highest BCUT2D eigenvalue weighted by Crippen LogP contribution is 2.44. The average Bonchev–Trinajstić information content (AvgIpc) is 3.25. The summed E-state index contributed by atoms with van der Waals surface area (Å²) in [4.78, 5) is 25.0. The number of benzene rings is 4. The first-order valence-corrected chi connectivity index (χ1v) is 19.5. The normalized spacial score (nSPS) is 12.4. The Morgan fingerprint density at radius 2 is 0.847 bits per heavy atom. The molecule has 6 N–H and O–H groups in total.